The molecule has 15 heavy (non-hydrogen) atoms. The van der Waals surface area contributed by atoms with Crippen molar-refractivity contribution < 1.29 is 9.47 Å². The molecule has 0 amide bonds. The lowest BCUT2D eigenvalue weighted by atomic mass is 10.2. The normalized spacial score (nSPS) is 22.4. The Bertz CT molecular complexity index is 156. The average molecular weight is 216 g/mol. The summed E-state index contributed by atoms with van der Waals surface area (Å²) in [5.41, 5.74) is 0. The van der Waals surface area contributed by atoms with Crippen molar-refractivity contribution >= 4 is 0 Å². The van der Waals surface area contributed by atoms with E-state index in [1.165, 1.54) is 19.4 Å². The fourth-order valence-corrected chi connectivity index (χ4v) is 1.89. The van der Waals surface area contributed by atoms with Crippen molar-refractivity contribution in [1.82, 2.24) is 10.2 Å². The minimum Gasteiger partial charge on any atom is -0.382 e. The number of hydrogen-bond donors (Lipinski definition) is 1. The third-order valence-electron chi connectivity index (χ3n) is 2.91. The highest BCUT2D eigenvalue weighted by atomic mass is 16.5. The highest BCUT2D eigenvalue weighted by Gasteiger charge is 2.19. The van der Waals surface area contributed by atoms with Gasteiger partial charge in [-0.05, 0) is 26.4 Å². The van der Waals surface area contributed by atoms with Crippen LogP contribution in [0.25, 0.3) is 0 Å². The minimum atomic E-state index is 0.686. The fourth-order valence-electron chi connectivity index (χ4n) is 1.89. The van der Waals surface area contributed by atoms with Gasteiger partial charge in [0.1, 0.15) is 0 Å². The van der Waals surface area contributed by atoms with Gasteiger partial charge in [-0.25, -0.2) is 0 Å². The van der Waals surface area contributed by atoms with Crippen LogP contribution in [0.2, 0.25) is 0 Å². The molecular weight excluding hydrogens is 192 g/mol. The molecule has 0 spiro atoms. The van der Waals surface area contributed by atoms with E-state index in [9.17, 15) is 0 Å². The number of nitrogens with zero attached hydrogens (tertiary/aromatic N) is 1. The highest BCUT2D eigenvalue weighted by Crippen LogP contribution is 2.13. The Kier molecular flexibility index (Phi) is 6.92. The second-order valence-electron chi connectivity index (χ2n) is 4.09. The summed E-state index contributed by atoms with van der Waals surface area (Å²) in [5, 5.41) is 3.43. The van der Waals surface area contributed by atoms with Crippen LogP contribution in [0.3, 0.4) is 0 Å². The maximum atomic E-state index is 5.36. The van der Waals surface area contributed by atoms with E-state index in [0.29, 0.717) is 13.2 Å². The summed E-state index contributed by atoms with van der Waals surface area (Å²) in [6.45, 7) is 5.43. The predicted molar refractivity (Wildman–Crippen MR) is 61.2 cm³/mol. The molecule has 0 aromatic heterocycles. The molecule has 0 saturated carbocycles. The van der Waals surface area contributed by atoms with Crippen molar-refractivity contribution in [2.24, 2.45) is 0 Å². The molecule has 1 heterocycles. The van der Waals surface area contributed by atoms with Gasteiger partial charge in [0.25, 0.3) is 0 Å². The first-order valence-corrected chi connectivity index (χ1v) is 5.82. The maximum Gasteiger partial charge on any atom is 0.0700 e. The molecule has 0 radical (unpaired) electrons. The molecule has 1 fully saturated rings. The Morgan fingerprint density at radius 3 is 2.87 bits per heavy atom. The quantitative estimate of drug-likeness (QED) is 0.593. The first-order valence-electron chi connectivity index (χ1n) is 5.82. The van der Waals surface area contributed by atoms with E-state index >= 15 is 0 Å². The lowest BCUT2D eigenvalue weighted by Crippen LogP contribution is -2.36. The number of likely N-dealkylation sites (tertiary alicyclic amines) is 1. The van der Waals surface area contributed by atoms with Crippen molar-refractivity contribution in [3.05, 3.63) is 0 Å². The Morgan fingerprint density at radius 2 is 2.20 bits per heavy atom. The van der Waals surface area contributed by atoms with Gasteiger partial charge in [0, 0.05) is 26.2 Å². The van der Waals surface area contributed by atoms with Crippen LogP contribution in [-0.4, -0.2) is 64.6 Å². The van der Waals surface area contributed by atoms with E-state index in [4.69, 9.17) is 9.47 Å². The molecule has 1 atom stereocenters. The smallest absolute Gasteiger partial charge is 0.0700 e. The lowest BCUT2D eigenvalue weighted by molar-refractivity contribution is 0.0715. The molecule has 4 heteroatoms. The van der Waals surface area contributed by atoms with Crippen molar-refractivity contribution in [1.29, 1.82) is 0 Å². The third-order valence-corrected chi connectivity index (χ3v) is 2.91. The van der Waals surface area contributed by atoms with E-state index < -0.39 is 0 Å². The monoisotopic (exact) mass is 216 g/mol. The largest absolute Gasteiger partial charge is 0.382 e. The zero-order valence-electron chi connectivity index (χ0n) is 10.00. The molecule has 0 aliphatic carbocycles. The van der Waals surface area contributed by atoms with Gasteiger partial charge in [-0.3, -0.25) is 0 Å². The van der Waals surface area contributed by atoms with Crippen LogP contribution >= 0.6 is 0 Å². The minimum absolute atomic E-state index is 0.686. The number of ether oxygens (including phenoxy) is 2. The average Bonchev–Trinajstić information content (AvgIpc) is 2.63. The summed E-state index contributed by atoms with van der Waals surface area (Å²) < 4.78 is 10.3. The molecular formula is C11H24N2O2. The van der Waals surface area contributed by atoms with Crippen molar-refractivity contribution in [3.8, 4) is 0 Å². The number of rotatable bonds is 8. The standard InChI is InChI=1S/C11H24N2O2/c1-13-6-3-4-11(13)10-12-5-7-15-9-8-14-2/h11-12H,3-10H2,1-2H3. The second-order valence-corrected chi connectivity index (χ2v) is 4.09. The summed E-state index contributed by atoms with van der Waals surface area (Å²) in [6.07, 6.45) is 2.67. The van der Waals surface area contributed by atoms with E-state index in [1.807, 2.05) is 0 Å². The van der Waals surface area contributed by atoms with Gasteiger partial charge in [0.15, 0.2) is 0 Å². The molecule has 0 bridgehead atoms. The Labute approximate surface area is 92.9 Å². The molecule has 1 aliphatic rings. The molecule has 0 aromatic carbocycles. The Balaban J connectivity index is 1.84. The summed E-state index contributed by atoms with van der Waals surface area (Å²) >= 11 is 0. The van der Waals surface area contributed by atoms with Gasteiger partial charge in [-0.2, -0.15) is 0 Å². The van der Waals surface area contributed by atoms with E-state index in [1.54, 1.807) is 7.11 Å². The van der Waals surface area contributed by atoms with Crippen molar-refractivity contribution in [3.63, 3.8) is 0 Å². The van der Waals surface area contributed by atoms with Crippen LogP contribution in [-0.2, 0) is 9.47 Å². The Hall–Kier alpha value is -0.160. The topological polar surface area (TPSA) is 33.7 Å². The molecule has 0 aromatic rings. The van der Waals surface area contributed by atoms with Gasteiger partial charge in [0.05, 0.1) is 19.8 Å². The molecule has 90 valence electrons. The van der Waals surface area contributed by atoms with Crippen LogP contribution in [0.15, 0.2) is 0 Å². The van der Waals surface area contributed by atoms with Crippen LogP contribution in [0, 0.1) is 0 Å². The number of methoxy groups -OCH3 is 1. The van der Waals surface area contributed by atoms with Gasteiger partial charge in [-0.1, -0.05) is 0 Å². The lowest BCUT2D eigenvalue weighted by Gasteiger charge is -2.19. The SMILES string of the molecule is COCCOCCNCC1CCCN1C. The van der Waals surface area contributed by atoms with Gasteiger partial charge >= 0.3 is 0 Å². The second kappa shape index (κ2) is 8.05. The Morgan fingerprint density at radius 1 is 1.33 bits per heavy atom. The highest BCUT2D eigenvalue weighted by molar-refractivity contribution is 4.77. The molecule has 1 N–H and O–H groups in total. The number of nitrogens with one attached hydrogen (secondary N) is 1. The molecule has 1 saturated heterocycles. The van der Waals surface area contributed by atoms with Crippen LogP contribution in [0.4, 0.5) is 0 Å². The van der Waals surface area contributed by atoms with Gasteiger partial charge in [0.2, 0.25) is 0 Å². The zero-order chi connectivity index (χ0) is 10.9. The number of hydrogen-bond acceptors (Lipinski definition) is 4. The van der Waals surface area contributed by atoms with E-state index in [-0.39, 0.29) is 0 Å². The first kappa shape index (κ1) is 12.9. The number of likely N-dealkylation sites (N-methyl/N-ethyl adjacent to an activating group) is 1. The van der Waals surface area contributed by atoms with Crippen LogP contribution in [0.5, 0.6) is 0 Å². The van der Waals surface area contributed by atoms with Crippen molar-refractivity contribution in [2.75, 3.05) is 53.6 Å². The molecule has 1 aliphatic heterocycles. The molecule has 4 nitrogen and oxygen atoms in total. The van der Waals surface area contributed by atoms with Crippen LogP contribution < -0.4 is 5.32 Å². The third kappa shape index (κ3) is 5.47. The predicted octanol–water partition coefficient (Wildman–Crippen LogP) is 0.333. The maximum absolute atomic E-state index is 5.36. The van der Waals surface area contributed by atoms with Gasteiger partial charge < -0.3 is 19.7 Å². The summed E-state index contributed by atoms with van der Waals surface area (Å²) in [4.78, 5) is 2.43. The fraction of sp³-hybridized carbons (Fsp3) is 1.00. The van der Waals surface area contributed by atoms with Crippen molar-refractivity contribution in [2.45, 2.75) is 18.9 Å². The van der Waals surface area contributed by atoms with Crippen LogP contribution in [0.1, 0.15) is 12.8 Å². The zero-order valence-corrected chi connectivity index (χ0v) is 10.00. The summed E-state index contributed by atoms with van der Waals surface area (Å²) in [6, 6.07) is 0.726. The van der Waals surface area contributed by atoms with Gasteiger partial charge in [-0.15, -0.1) is 0 Å². The first-order chi connectivity index (χ1) is 7.34. The summed E-state index contributed by atoms with van der Waals surface area (Å²) in [7, 11) is 3.89. The molecule has 1 rings (SSSR count). The summed E-state index contributed by atoms with van der Waals surface area (Å²) in [5.74, 6) is 0. The van der Waals surface area contributed by atoms with E-state index in [2.05, 4.69) is 17.3 Å². The molecule has 1 unspecified atom stereocenters. The van der Waals surface area contributed by atoms with E-state index in [0.717, 1.165) is 25.7 Å².